The highest BCUT2D eigenvalue weighted by atomic mass is 16.8. The molecule has 101 heavy (non-hydrogen) atoms. The summed E-state index contributed by atoms with van der Waals surface area (Å²) in [4.78, 5) is 13.5. The van der Waals surface area contributed by atoms with E-state index in [0.717, 1.165) is 109 Å². The van der Waals surface area contributed by atoms with Crippen molar-refractivity contribution in [3.05, 3.63) is 134 Å². The molecule has 578 valence electrons. The molecule has 0 bridgehead atoms. The summed E-state index contributed by atoms with van der Waals surface area (Å²) in [5.74, 6) is -0.296. The summed E-state index contributed by atoms with van der Waals surface area (Å²) < 4.78 is 34.4. The molecule has 17 atom stereocenters. The Labute approximate surface area is 607 Å². The van der Waals surface area contributed by atoms with Crippen LogP contribution in [0.25, 0.3) is 0 Å². The lowest BCUT2D eigenvalue weighted by molar-refractivity contribution is -0.379. The smallest absolute Gasteiger partial charge is 0.220 e. The summed E-state index contributed by atoms with van der Waals surface area (Å²) in [5.41, 5.74) is 0. The Morgan fingerprint density at radius 1 is 0.366 bits per heavy atom. The van der Waals surface area contributed by atoms with E-state index < -0.39 is 124 Å². The van der Waals surface area contributed by atoms with Crippen LogP contribution in [0.15, 0.2) is 134 Å². The number of carbonyl (C=O) groups is 1. The van der Waals surface area contributed by atoms with Crippen molar-refractivity contribution in [3.8, 4) is 0 Å². The lowest BCUT2D eigenvalue weighted by Gasteiger charge is -2.48. The van der Waals surface area contributed by atoms with Gasteiger partial charge >= 0.3 is 0 Å². The van der Waals surface area contributed by atoms with Crippen LogP contribution in [-0.4, -0.2) is 193 Å². The Balaban J connectivity index is 1.37. The zero-order valence-electron chi connectivity index (χ0n) is 61.6. The zero-order valence-corrected chi connectivity index (χ0v) is 61.6. The maximum absolute atomic E-state index is 13.5. The fourth-order valence-electron chi connectivity index (χ4n) is 12.2. The van der Waals surface area contributed by atoms with Gasteiger partial charge in [-0.3, -0.25) is 4.79 Å². The summed E-state index contributed by atoms with van der Waals surface area (Å²) >= 11 is 0. The molecule has 0 spiro atoms. The van der Waals surface area contributed by atoms with Crippen LogP contribution in [0.3, 0.4) is 0 Å². The van der Waals surface area contributed by atoms with Crippen molar-refractivity contribution < 1.29 is 89.4 Å². The van der Waals surface area contributed by atoms with Crippen LogP contribution in [0.5, 0.6) is 0 Å². The third-order valence-corrected chi connectivity index (χ3v) is 18.4. The van der Waals surface area contributed by atoms with E-state index in [2.05, 4.69) is 141 Å². The zero-order chi connectivity index (χ0) is 73.2. The molecule has 0 saturated carbocycles. The largest absolute Gasteiger partial charge is 0.394 e. The van der Waals surface area contributed by atoms with Crippen LogP contribution < -0.4 is 5.32 Å². The number of hydrogen-bond acceptors (Lipinski definition) is 18. The lowest BCUT2D eigenvalue weighted by atomic mass is 9.96. The van der Waals surface area contributed by atoms with E-state index in [1.54, 1.807) is 6.08 Å². The van der Waals surface area contributed by atoms with Gasteiger partial charge in [0.25, 0.3) is 0 Å². The number of carbonyl (C=O) groups excluding carboxylic acids is 1. The number of unbranched alkanes of at least 4 members (excludes halogenated alkanes) is 23. The van der Waals surface area contributed by atoms with Crippen molar-refractivity contribution in [2.45, 2.75) is 349 Å². The fourth-order valence-corrected chi connectivity index (χ4v) is 12.2. The van der Waals surface area contributed by atoms with Crippen LogP contribution in [-0.2, 0) is 33.2 Å². The van der Waals surface area contributed by atoms with Gasteiger partial charge in [0.05, 0.1) is 38.6 Å². The number of ether oxygens (including phenoxy) is 6. The van der Waals surface area contributed by atoms with Crippen LogP contribution >= 0.6 is 0 Å². The fraction of sp³-hybridized carbons (Fsp3) is 0.720. The highest BCUT2D eigenvalue weighted by molar-refractivity contribution is 5.76. The number of aliphatic hydroxyl groups is 11. The molecule has 0 radical (unpaired) electrons. The summed E-state index contributed by atoms with van der Waals surface area (Å²) in [6.07, 6.45) is 60.0. The van der Waals surface area contributed by atoms with Gasteiger partial charge in [0.2, 0.25) is 5.91 Å². The third-order valence-electron chi connectivity index (χ3n) is 18.4. The van der Waals surface area contributed by atoms with Crippen molar-refractivity contribution in [1.82, 2.24) is 5.32 Å². The van der Waals surface area contributed by atoms with Gasteiger partial charge < -0.3 is 89.9 Å². The maximum Gasteiger partial charge on any atom is 0.220 e. The van der Waals surface area contributed by atoms with Gasteiger partial charge in [0, 0.05) is 6.42 Å². The molecule has 3 aliphatic rings. The van der Waals surface area contributed by atoms with Gasteiger partial charge in [-0.15, -0.1) is 0 Å². The van der Waals surface area contributed by atoms with E-state index >= 15 is 0 Å². The van der Waals surface area contributed by atoms with Crippen LogP contribution in [0, 0.1) is 0 Å². The second kappa shape index (κ2) is 61.1. The van der Waals surface area contributed by atoms with Crippen LogP contribution in [0.4, 0.5) is 0 Å². The molecule has 1 amide bonds. The molecule has 0 aromatic carbocycles. The number of rotatable bonds is 59. The minimum absolute atomic E-state index is 0.221. The Bertz CT molecular complexity index is 2350. The van der Waals surface area contributed by atoms with Gasteiger partial charge in [0.1, 0.15) is 73.2 Å². The van der Waals surface area contributed by atoms with E-state index in [4.69, 9.17) is 28.4 Å². The Morgan fingerprint density at radius 3 is 1.11 bits per heavy atom. The van der Waals surface area contributed by atoms with Crippen molar-refractivity contribution >= 4 is 5.91 Å². The first-order chi connectivity index (χ1) is 49.3. The second-order valence-electron chi connectivity index (χ2n) is 27.1. The minimum Gasteiger partial charge on any atom is -0.394 e. The Kier molecular flexibility index (Phi) is 55.2. The quantitative estimate of drug-likeness (QED) is 0.0199. The standard InChI is InChI=1S/C82H137NO18/c1-3-5-7-9-11-13-15-17-19-21-23-24-25-26-27-28-29-30-31-32-33-34-35-36-37-38-39-40-42-44-46-48-50-52-54-56-58-60-70(88)83-65(66(87)59-57-55-53-51-49-47-45-43-41-22-20-18-16-14-12-10-8-6-4-2)64-96-80-76(94)73(91)78(68(62-85)98-80)101-82-77(95)74(92)79(69(63-86)99-82)100-81-75(93)72(90)71(89)67(61-84)97-81/h5,7,11,13,17,19,23-24,26-27,29-30,32-33,35-36,41,43,49,51,57,59,65-69,71-82,84-87,89-95H,3-4,6,8-10,12,14-16,18,20-22,25,28,31,34,37-40,42,44-48,50,52-56,58,60-64H2,1-2H3,(H,83,88)/b7-5-,13-11-,19-17-,24-23-,27-26-,30-29-,33-32-,36-35-,43-41+,51-49+,59-57+. The highest BCUT2D eigenvalue weighted by Gasteiger charge is 2.53. The summed E-state index contributed by atoms with van der Waals surface area (Å²) in [7, 11) is 0. The van der Waals surface area contributed by atoms with E-state index in [1.165, 1.54) is 103 Å². The van der Waals surface area contributed by atoms with E-state index in [0.29, 0.717) is 12.8 Å². The van der Waals surface area contributed by atoms with Crippen molar-refractivity contribution in [2.24, 2.45) is 0 Å². The van der Waals surface area contributed by atoms with Gasteiger partial charge in [-0.05, 0) is 109 Å². The van der Waals surface area contributed by atoms with Crippen molar-refractivity contribution in [3.63, 3.8) is 0 Å². The Hall–Kier alpha value is -4.07. The summed E-state index contributed by atoms with van der Waals surface area (Å²) in [6.45, 7) is 1.58. The average Bonchev–Trinajstić information content (AvgIpc) is 0.789. The molecular formula is C82H137NO18. The minimum atomic E-state index is -1.99. The molecule has 0 aromatic rings. The normalized spacial score (nSPS) is 27.1. The summed E-state index contributed by atoms with van der Waals surface area (Å²) in [6, 6.07) is -1.01. The predicted octanol–water partition coefficient (Wildman–Crippen LogP) is 12.5. The SMILES string of the molecule is CC/C=C\C/C=C\C/C=C\C/C=C\C/C=C\C/C=C\C/C=C\C/C=C\CCCCCCCCCCCCCCC(=O)NC(COC1OC(CO)C(OC2OC(CO)C(OC3OC(CO)C(O)C(O)C3O)C(O)C2O)C(O)C1O)C(O)/C=C/CC/C=C/CC/C=C/CCCCCCCCCCC. The highest BCUT2D eigenvalue weighted by Crippen LogP contribution is 2.33. The molecule has 12 N–H and O–H groups in total. The van der Waals surface area contributed by atoms with Crippen LogP contribution in [0.1, 0.15) is 245 Å². The molecular weight excluding hydrogens is 1290 g/mol. The second-order valence-corrected chi connectivity index (χ2v) is 27.1. The van der Waals surface area contributed by atoms with Crippen LogP contribution in [0.2, 0.25) is 0 Å². The maximum atomic E-state index is 13.5. The molecule has 0 aliphatic carbocycles. The first kappa shape index (κ1) is 91.1. The monoisotopic (exact) mass is 1420 g/mol. The van der Waals surface area contributed by atoms with E-state index in [-0.39, 0.29) is 18.9 Å². The van der Waals surface area contributed by atoms with Gasteiger partial charge in [-0.2, -0.15) is 0 Å². The number of amides is 1. The Morgan fingerprint density at radius 2 is 0.693 bits per heavy atom. The molecule has 19 nitrogen and oxygen atoms in total. The number of aliphatic hydroxyl groups excluding tert-OH is 11. The van der Waals surface area contributed by atoms with Gasteiger partial charge in [-0.25, -0.2) is 0 Å². The number of allylic oxidation sites excluding steroid dienone is 21. The lowest BCUT2D eigenvalue weighted by Crippen LogP contribution is -2.66. The molecule has 3 fully saturated rings. The molecule has 17 unspecified atom stereocenters. The van der Waals surface area contributed by atoms with Crippen molar-refractivity contribution in [2.75, 3.05) is 26.4 Å². The first-order valence-electron chi connectivity index (χ1n) is 38.9. The summed E-state index contributed by atoms with van der Waals surface area (Å²) in [5, 5.41) is 121. The van der Waals surface area contributed by atoms with E-state index in [9.17, 15) is 61.0 Å². The third kappa shape index (κ3) is 41.4. The molecule has 3 heterocycles. The van der Waals surface area contributed by atoms with Gasteiger partial charge in [-0.1, -0.05) is 263 Å². The molecule has 3 rings (SSSR count). The average molecular weight is 1420 g/mol. The van der Waals surface area contributed by atoms with Crippen molar-refractivity contribution in [1.29, 1.82) is 0 Å². The first-order valence-corrected chi connectivity index (χ1v) is 38.9. The molecule has 3 saturated heterocycles. The molecule has 3 aliphatic heterocycles. The predicted molar refractivity (Wildman–Crippen MR) is 401 cm³/mol. The molecule has 0 aromatic heterocycles. The molecule has 19 heteroatoms. The number of nitrogens with one attached hydrogen (secondary N) is 1. The van der Waals surface area contributed by atoms with Gasteiger partial charge in [0.15, 0.2) is 18.9 Å². The number of hydrogen-bond donors (Lipinski definition) is 12. The topological polar surface area (TPSA) is 307 Å². The van der Waals surface area contributed by atoms with E-state index in [1.807, 2.05) is 6.08 Å².